The minimum Gasteiger partial charge on any atom is -0.465 e. The molecule has 2 fully saturated rings. The Bertz CT molecular complexity index is 234. The molecule has 1 heterocycles. The summed E-state index contributed by atoms with van der Waals surface area (Å²) >= 11 is 0. The first-order valence-electron chi connectivity index (χ1n) is 4.91. The van der Waals surface area contributed by atoms with Gasteiger partial charge in [0.1, 0.15) is 0 Å². The van der Waals surface area contributed by atoms with Crippen molar-refractivity contribution in [3.8, 4) is 0 Å². The van der Waals surface area contributed by atoms with Crippen LogP contribution in [0.2, 0.25) is 0 Å². The van der Waals surface area contributed by atoms with Crippen LogP contribution in [-0.4, -0.2) is 23.3 Å². The van der Waals surface area contributed by atoms with Gasteiger partial charge in [-0.05, 0) is 25.7 Å². The summed E-state index contributed by atoms with van der Waals surface area (Å²) in [5.41, 5.74) is -0.625. The molecule has 0 radical (unpaired) electrons. The summed E-state index contributed by atoms with van der Waals surface area (Å²) in [5, 5.41) is 10.0. The number of aliphatic hydroxyl groups is 1. The van der Waals surface area contributed by atoms with Crippen molar-refractivity contribution in [2.24, 2.45) is 17.8 Å². The number of ether oxygens (including phenoxy) is 1. The fraction of sp³-hybridized carbons (Fsp3) is 0.900. The molecule has 0 aromatic heterocycles. The Hall–Kier alpha value is -0.570. The Kier molecular flexibility index (Phi) is 1.88. The summed E-state index contributed by atoms with van der Waals surface area (Å²) in [4.78, 5) is 11.2. The maximum atomic E-state index is 11.2. The van der Waals surface area contributed by atoms with Crippen LogP contribution in [0.1, 0.15) is 26.7 Å². The molecule has 4 unspecified atom stereocenters. The Morgan fingerprint density at radius 3 is 3.00 bits per heavy atom. The van der Waals surface area contributed by atoms with Gasteiger partial charge in [0.25, 0.3) is 0 Å². The predicted molar refractivity (Wildman–Crippen MR) is 47.0 cm³/mol. The molecule has 1 saturated carbocycles. The van der Waals surface area contributed by atoms with Crippen LogP contribution in [0.3, 0.4) is 0 Å². The normalized spacial score (nSPS) is 50.1. The zero-order valence-corrected chi connectivity index (χ0v) is 8.12. The van der Waals surface area contributed by atoms with Crippen LogP contribution in [0.15, 0.2) is 0 Å². The number of hydrogen-bond acceptors (Lipinski definition) is 3. The fourth-order valence-corrected chi connectivity index (χ4v) is 2.69. The Labute approximate surface area is 78.1 Å². The van der Waals surface area contributed by atoms with Crippen molar-refractivity contribution in [2.75, 3.05) is 6.61 Å². The molecule has 74 valence electrons. The lowest BCUT2D eigenvalue weighted by Crippen LogP contribution is -2.43. The van der Waals surface area contributed by atoms with Crippen LogP contribution in [0.5, 0.6) is 0 Å². The van der Waals surface area contributed by atoms with Gasteiger partial charge in [-0.1, -0.05) is 6.92 Å². The standard InChI is InChI=1S/C10H16O3/c1-6-7-3-4-10(2,12)8(7)5-13-9(6)11/h6-8,12H,3-5H2,1-2H3. The zero-order valence-electron chi connectivity index (χ0n) is 8.12. The Morgan fingerprint density at radius 1 is 1.62 bits per heavy atom. The van der Waals surface area contributed by atoms with Gasteiger partial charge in [0, 0.05) is 5.92 Å². The highest BCUT2D eigenvalue weighted by Crippen LogP contribution is 2.46. The fourth-order valence-electron chi connectivity index (χ4n) is 2.69. The van der Waals surface area contributed by atoms with Crippen LogP contribution in [0.25, 0.3) is 0 Å². The molecule has 1 aliphatic heterocycles. The molecular weight excluding hydrogens is 168 g/mol. The van der Waals surface area contributed by atoms with Gasteiger partial charge >= 0.3 is 5.97 Å². The molecule has 13 heavy (non-hydrogen) atoms. The van der Waals surface area contributed by atoms with Crippen LogP contribution in [0.4, 0.5) is 0 Å². The summed E-state index contributed by atoms with van der Waals surface area (Å²) in [6, 6.07) is 0. The van der Waals surface area contributed by atoms with E-state index in [-0.39, 0.29) is 17.8 Å². The van der Waals surface area contributed by atoms with E-state index in [4.69, 9.17) is 4.74 Å². The third-order valence-corrected chi connectivity index (χ3v) is 3.72. The minimum atomic E-state index is -0.625. The summed E-state index contributed by atoms with van der Waals surface area (Å²) in [7, 11) is 0. The molecule has 0 aromatic carbocycles. The minimum absolute atomic E-state index is 0.0345. The Balaban J connectivity index is 2.20. The first kappa shape index (κ1) is 9.00. The van der Waals surface area contributed by atoms with Crippen LogP contribution < -0.4 is 0 Å². The summed E-state index contributed by atoms with van der Waals surface area (Å²) in [5.74, 6) is 0.350. The third-order valence-electron chi connectivity index (χ3n) is 3.72. The second-order valence-corrected chi connectivity index (χ2v) is 4.58. The van der Waals surface area contributed by atoms with E-state index in [9.17, 15) is 9.90 Å². The highest BCUT2D eigenvalue weighted by atomic mass is 16.5. The first-order valence-corrected chi connectivity index (χ1v) is 4.91. The summed E-state index contributed by atoms with van der Waals surface area (Å²) in [6.07, 6.45) is 1.75. The van der Waals surface area contributed by atoms with E-state index in [2.05, 4.69) is 0 Å². The van der Waals surface area contributed by atoms with Crippen LogP contribution >= 0.6 is 0 Å². The lowest BCUT2D eigenvalue weighted by molar-refractivity contribution is -0.164. The molecule has 4 atom stereocenters. The summed E-state index contributed by atoms with van der Waals surface area (Å²) in [6.45, 7) is 4.16. The van der Waals surface area contributed by atoms with Crippen molar-refractivity contribution < 1.29 is 14.6 Å². The van der Waals surface area contributed by atoms with Gasteiger partial charge < -0.3 is 9.84 Å². The molecule has 2 aliphatic rings. The zero-order chi connectivity index (χ0) is 9.64. The molecule has 3 heteroatoms. The third kappa shape index (κ3) is 1.26. The molecule has 1 aliphatic carbocycles. The lowest BCUT2D eigenvalue weighted by atomic mass is 9.79. The maximum absolute atomic E-state index is 11.2. The van der Waals surface area contributed by atoms with Gasteiger partial charge in [-0.15, -0.1) is 0 Å². The van der Waals surface area contributed by atoms with Crippen molar-refractivity contribution in [2.45, 2.75) is 32.3 Å². The predicted octanol–water partition coefficient (Wildman–Crippen LogP) is 0.956. The molecule has 0 spiro atoms. The maximum Gasteiger partial charge on any atom is 0.308 e. The first-order chi connectivity index (χ1) is 6.02. The van der Waals surface area contributed by atoms with E-state index in [1.54, 1.807) is 0 Å². The van der Waals surface area contributed by atoms with E-state index >= 15 is 0 Å². The van der Waals surface area contributed by atoms with Crippen molar-refractivity contribution in [1.82, 2.24) is 0 Å². The molecule has 0 aromatic rings. The molecule has 0 bridgehead atoms. The number of esters is 1. The Morgan fingerprint density at radius 2 is 2.31 bits per heavy atom. The number of carbonyl (C=O) groups is 1. The number of rotatable bonds is 0. The van der Waals surface area contributed by atoms with E-state index in [0.29, 0.717) is 12.5 Å². The molecular formula is C10H16O3. The molecule has 3 nitrogen and oxygen atoms in total. The van der Waals surface area contributed by atoms with E-state index < -0.39 is 5.60 Å². The van der Waals surface area contributed by atoms with E-state index in [1.807, 2.05) is 13.8 Å². The number of fused-ring (bicyclic) bond motifs is 1. The van der Waals surface area contributed by atoms with Gasteiger partial charge in [0.15, 0.2) is 0 Å². The van der Waals surface area contributed by atoms with Gasteiger partial charge in [0.2, 0.25) is 0 Å². The van der Waals surface area contributed by atoms with E-state index in [0.717, 1.165) is 12.8 Å². The molecule has 2 rings (SSSR count). The molecule has 1 saturated heterocycles. The summed E-state index contributed by atoms with van der Waals surface area (Å²) < 4.78 is 5.04. The van der Waals surface area contributed by atoms with Gasteiger partial charge in [0.05, 0.1) is 18.1 Å². The largest absolute Gasteiger partial charge is 0.465 e. The van der Waals surface area contributed by atoms with Crippen molar-refractivity contribution in [1.29, 1.82) is 0 Å². The average molecular weight is 184 g/mol. The molecule has 0 amide bonds. The smallest absolute Gasteiger partial charge is 0.308 e. The number of hydrogen-bond donors (Lipinski definition) is 1. The van der Waals surface area contributed by atoms with Gasteiger partial charge in [-0.3, -0.25) is 4.79 Å². The van der Waals surface area contributed by atoms with Gasteiger partial charge in [-0.25, -0.2) is 0 Å². The average Bonchev–Trinajstić information content (AvgIpc) is 2.35. The van der Waals surface area contributed by atoms with Crippen LogP contribution in [-0.2, 0) is 9.53 Å². The van der Waals surface area contributed by atoms with E-state index in [1.165, 1.54) is 0 Å². The second-order valence-electron chi connectivity index (χ2n) is 4.58. The number of cyclic esters (lactones) is 1. The van der Waals surface area contributed by atoms with Crippen molar-refractivity contribution in [3.05, 3.63) is 0 Å². The highest BCUT2D eigenvalue weighted by molar-refractivity contribution is 5.73. The SMILES string of the molecule is CC1C(=O)OCC2C1CCC2(C)O. The van der Waals surface area contributed by atoms with Crippen LogP contribution in [0, 0.1) is 17.8 Å². The molecule has 1 N–H and O–H groups in total. The number of carbonyl (C=O) groups excluding carboxylic acids is 1. The second kappa shape index (κ2) is 2.71. The highest BCUT2D eigenvalue weighted by Gasteiger charge is 2.50. The monoisotopic (exact) mass is 184 g/mol. The van der Waals surface area contributed by atoms with Crippen molar-refractivity contribution in [3.63, 3.8) is 0 Å². The van der Waals surface area contributed by atoms with Crippen molar-refractivity contribution >= 4 is 5.97 Å². The van der Waals surface area contributed by atoms with Gasteiger partial charge in [-0.2, -0.15) is 0 Å². The quantitative estimate of drug-likeness (QED) is 0.570. The lowest BCUT2D eigenvalue weighted by Gasteiger charge is -2.35. The topological polar surface area (TPSA) is 46.5 Å².